The van der Waals surface area contributed by atoms with E-state index < -0.39 is 0 Å². The fourth-order valence-electron chi connectivity index (χ4n) is 3.21. The van der Waals surface area contributed by atoms with Crippen LogP contribution in [0.4, 0.5) is 16.4 Å². The van der Waals surface area contributed by atoms with Crippen LogP contribution >= 0.6 is 35.3 Å². The molecule has 2 aromatic heterocycles. The summed E-state index contributed by atoms with van der Waals surface area (Å²) in [4.78, 5) is 0.791. The number of nitrogen functional groups attached to an aromatic ring is 1. The Balaban J connectivity index is 1.87. The van der Waals surface area contributed by atoms with Crippen LogP contribution in [0.3, 0.4) is 0 Å². The average molecular weight is 433 g/mol. The van der Waals surface area contributed by atoms with Crippen LogP contribution in [0, 0.1) is 15.2 Å². The Morgan fingerprint density at radius 1 is 1.00 bits per heavy atom. The third-order valence-corrected chi connectivity index (χ3v) is 7.01. The van der Waals surface area contributed by atoms with Crippen molar-refractivity contribution < 1.29 is 0 Å². The molecule has 140 valence electrons. The van der Waals surface area contributed by atoms with Gasteiger partial charge in [-0.2, -0.15) is 5.26 Å². The molecule has 9 heteroatoms. The molecule has 2 N–H and O–H groups in total. The monoisotopic (exact) mass is 432 g/mol. The highest BCUT2D eigenvalue weighted by atomic mass is 32.2. The van der Waals surface area contributed by atoms with Crippen LogP contribution in [-0.4, -0.2) is 14.9 Å². The van der Waals surface area contributed by atoms with Crippen molar-refractivity contribution in [1.82, 2.24) is 14.9 Å². The number of para-hydroxylation sites is 1. The lowest BCUT2D eigenvalue weighted by Gasteiger charge is -2.33. The summed E-state index contributed by atoms with van der Waals surface area (Å²) >= 11 is 8.24. The third kappa shape index (κ3) is 2.81. The normalized spacial score (nSPS) is 12.2. The lowest BCUT2D eigenvalue weighted by atomic mass is 10.2. The number of fused-ring (bicyclic) bond motifs is 2. The number of hydrogen-bond donors (Lipinski definition) is 1. The van der Waals surface area contributed by atoms with Crippen molar-refractivity contribution in [3.63, 3.8) is 0 Å². The van der Waals surface area contributed by atoms with Crippen molar-refractivity contribution in [2.75, 3.05) is 10.7 Å². The molecule has 2 aromatic carbocycles. The Bertz CT molecular complexity index is 1320. The predicted molar refractivity (Wildman–Crippen MR) is 118 cm³/mol. The van der Waals surface area contributed by atoms with Crippen molar-refractivity contribution in [3.05, 3.63) is 70.1 Å². The Hall–Kier alpha value is -3.19. The summed E-state index contributed by atoms with van der Waals surface area (Å²) in [5, 5.41) is 21.7. The molecule has 0 saturated carbocycles. The first-order valence-electron chi connectivity index (χ1n) is 8.60. The van der Waals surface area contributed by atoms with Crippen molar-refractivity contribution in [1.29, 1.82) is 5.26 Å². The van der Waals surface area contributed by atoms with E-state index in [0.717, 1.165) is 16.1 Å². The predicted octanol–water partition coefficient (Wildman–Crippen LogP) is 5.26. The maximum Gasteiger partial charge on any atom is 0.216 e. The van der Waals surface area contributed by atoms with Crippen LogP contribution < -0.4 is 10.7 Å². The van der Waals surface area contributed by atoms with Gasteiger partial charge in [-0.1, -0.05) is 60.7 Å². The molecule has 0 unspecified atom stereocenters. The van der Waals surface area contributed by atoms with Crippen LogP contribution in [0.25, 0.3) is 11.4 Å². The number of aromatic nitrogens is 3. The quantitative estimate of drug-likeness (QED) is 0.381. The zero-order chi connectivity index (χ0) is 20.0. The molecule has 0 aliphatic carbocycles. The molecular weight excluding hydrogens is 420 g/mol. The van der Waals surface area contributed by atoms with Crippen LogP contribution in [0.15, 0.2) is 70.7 Å². The van der Waals surface area contributed by atoms with Crippen LogP contribution in [0.5, 0.6) is 0 Å². The van der Waals surface area contributed by atoms with Crippen molar-refractivity contribution in [2.45, 2.75) is 10.1 Å². The highest BCUT2D eigenvalue weighted by Crippen LogP contribution is 2.49. The minimum Gasteiger partial charge on any atom is -0.389 e. The molecule has 0 radical (unpaired) electrons. The lowest BCUT2D eigenvalue weighted by molar-refractivity contribution is 0.712. The van der Waals surface area contributed by atoms with Crippen LogP contribution in [0.2, 0.25) is 0 Å². The molecule has 0 saturated heterocycles. The molecule has 29 heavy (non-hydrogen) atoms. The van der Waals surface area contributed by atoms with Crippen LogP contribution in [0.1, 0.15) is 5.56 Å². The van der Waals surface area contributed by atoms with Crippen LogP contribution in [-0.2, 0) is 0 Å². The minimum atomic E-state index is 0.397. The van der Waals surface area contributed by atoms with Gasteiger partial charge in [0.2, 0.25) is 5.16 Å². The number of nitrogens with two attached hydrogens (primary N) is 1. The van der Waals surface area contributed by atoms with Gasteiger partial charge < -0.3 is 5.73 Å². The largest absolute Gasteiger partial charge is 0.389 e. The van der Waals surface area contributed by atoms with Gasteiger partial charge in [-0.25, -0.2) is 9.69 Å². The minimum absolute atomic E-state index is 0.397. The van der Waals surface area contributed by atoms with Gasteiger partial charge in [-0.15, -0.1) is 21.5 Å². The highest BCUT2D eigenvalue weighted by Gasteiger charge is 2.33. The molecule has 0 amide bonds. The Morgan fingerprint density at radius 3 is 2.38 bits per heavy atom. The molecule has 0 fully saturated rings. The Morgan fingerprint density at radius 2 is 1.69 bits per heavy atom. The van der Waals surface area contributed by atoms with E-state index in [2.05, 4.69) is 16.3 Å². The summed E-state index contributed by atoms with van der Waals surface area (Å²) in [7, 11) is 0. The van der Waals surface area contributed by atoms with E-state index in [9.17, 15) is 5.26 Å². The highest BCUT2D eigenvalue weighted by molar-refractivity contribution is 7.99. The van der Waals surface area contributed by atoms with Gasteiger partial charge in [0.05, 0.1) is 10.6 Å². The lowest BCUT2D eigenvalue weighted by Crippen LogP contribution is -2.30. The molecule has 4 aromatic rings. The number of hydrogen-bond acceptors (Lipinski definition) is 8. The molecule has 0 bridgehead atoms. The van der Waals surface area contributed by atoms with Gasteiger partial charge in [0.15, 0.2) is 5.82 Å². The molecule has 1 aliphatic rings. The second-order valence-corrected chi connectivity index (χ2v) is 8.85. The van der Waals surface area contributed by atoms with Gasteiger partial charge in [-0.05, 0) is 23.9 Å². The summed E-state index contributed by atoms with van der Waals surface area (Å²) in [6, 6.07) is 21.8. The summed E-state index contributed by atoms with van der Waals surface area (Å²) in [5.41, 5.74) is 9.02. The number of nitriles is 1. The number of benzene rings is 2. The van der Waals surface area contributed by atoms with E-state index in [4.69, 9.17) is 18.0 Å². The number of anilines is 3. The molecule has 5 rings (SSSR count). The summed E-state index contributed by atoms with van der Waals surface area (Å²) in [6.07, 6.45) is 0. The molecular formula is C20H12N6S3. The maximum absolute atomic E-state index is 9.88. The number of nitrogens with zero attached hydrogens (tertiary/aromatic N) is 5. The van der Waals surface area contributed by atoms with E-state index in [0.29, 0.717) is 31.1 Å². The zero-order valence-electron chi connectivity index (χ0n) is 14.8. The molecule has 6 nitrogen and oxygen atoms in total. The number of rotatable bonds is 2. The van der Waals surface area contributed by atoms with E-state index in [1.165, 1.54) is 23.1 Å². The standard InChI is InChI=1S/C20H12N6S3/c21-11-14-15-16(19(27)29-17(14)22)28-20-24-23-18(12-7-3-1-4-8-12)26(20)25(15)13-9-5-2-6-10-13/h1-10H,22H2. The van der Waals surface area contributed by atoms with E-state index in [-0.39, 0.29) is 0 Å². The van der Waals surface area contributed by atoms with Crippen molar-refractivity contribution >= 4 is 51.7 Å². The SMILES string of the molecule is N#Cc1c(N)sc(=S)c2c1N(c1ccccc1)n1c(nnc1-c1ccccc1)S2. The van der Waals surface area contributed by atoms with Gasteiger partial charge >= 0.3 is 0 Å². The average Bonchev–Trinajstić information content (AvgIpc) is 3.18. The first-order valence-corrected chi connectivity index (χ1v) is 10.6. The molecule has 1 aliphatic heterocycles. The zero-order valence-corrected chi connectivity index (χ0v) is 17.3. The van der Waals surface area contributed by atoms with E-state index in [1.807, 2.05) is 70.3 Å². The summed E-state index contributed by atoms with van der Waals surface area (Å²) < 4.78 is 2.54. The molecule has 0 atom stereocenters. The van der Waals surface area contributed by atoms with E-state index >= 15 is 0 Å². The third-order valence-electron chi connectivity index (χ3n) is 4.45. The first kappa shape index (κ1) is 17.9. The second-order valence-electron chi connectivity index (χ2n) is 6.15. The fraction of sp³-hybridized carbons (Fsp3) is 0. The van der Waals surface area contributed by atoms with Crippen molar-refractivity contribution in [3.8, 4) is 17.5 Å². The topological polar surface area (TPSA) is 83.8 Å². The van der Waals surface area contributed by atoms with Crippen molar-refractivity contribution in [2.24, 2.45) is 0 Å². The van der Waals surface area contributed by atoms with Gasteiger partial charge in [0.1, 0.15) is 26.1 Å². The molecule has 3 heterocycles. The smallest absolute Gasteiger partial charge is 0.216 e. The van der Waals surface area contributed by atoms with Gasteiger partial charge in [0.25, 0.3) is 0 Å². The van der Waals surface area contributed by atoms with Gasteiger partial charge in [-0.3, -0.25) is 0 Å². The molecule has 0 spiro atoms. The summed E-state index contributed by atoms with van der Waals surface area (Å²) in [6.45, 7) is 0. The Labute approximate surface area is 179 Å². The van der Waals surface area contributed by atoms with Gasteiger partial charge in [0, 0.05) is 5.56 Å². The maximum atomic E-state index is 9.88. The second kappa shape index (κ2) is 7.00. The van der Waals surface area contributed by atoms with E-state index in [1.54, 1.807) is 0 Å². The Kier molecular flexibility index (Phi) is 4.32. The summed E-state index contributed by atoms with van der Waals surface area (Å²) in [5.74, 6) is 0.670. The first-order chi connectivity index (χ1) is 14.2. The fourth-order valence-corrected chi connectivity index (χ4v) is 5.47.